The van der Waals surface area contributed by atoms with Gasteiger partial charge in [0.25, 0.3) is 0 Å². The number of carbonyl (C=O) groups excluding carboxylic acids is 1. The summed E-state index contributed by atoms with van der Waals surface area (Å²) in [6.45, 7) is 0. The second-order valence-corrected chi connectivity index (χ2v) is 4.74. The number of hydrogen-bond acceptors (Lipinski definition) is 1. The summed E-state index contributed by atoms with van der Waals surface area (Å²) >= 11 is 11.4. The van der Waals surface area contributed by atoms with Gasteiger partial charge in [0.1, 0.15) is 0 Å². The summed E-state index contributed by atoms with van der Waals surface area (Å²) in [5, 5.41) is -1.06. The molecule has 104 valence electrons. The van der Waals surface area contributed by atoms with Crippen molar-refractivity contribution in [2.75, 3.05) is 0 Å². The minimum atomic E-state index is -4.62. The molecule has 0 heterocycles. The van der Waals surface area contributed by atoms with Gasteiger partial charge in [0, 0.05) is 11.1 Å². The molecular weight excluding hydrogens is 312 g/mol. The second-order valence-electron chi connectivity index (χ2n) is 3.98. The van der Waals surface area contributed by atoms with E-state index in [9.17, 15) is 18.0 Å². The fourth-order valence-electron chi connectivity index (χ4n) is 1.69. The van der Waals surface area contributed by atoms with E-state index in [4.69, 9.17) is 23.2 Å². The van der Waals surface area contributed by atoms with Crippen LogP contribution in [-0.2, 0) is 6.18 Å². The smallest absolute Gasteiger partial charge is 0.289 e. The number of carbonyl (C=O) groups is 1. The molecule has 0 amide bonds. The van der Waals surface area contributed by atoms with E-state index < -0.39 is 27.6 Å². The van der Waals surface area contributed by atoms with Gasteiger partial charge in [-0.05, 0) is 12.1 Å². The molecule has 0 aromatic heterocycles. The van der Waals surface area contributed by atoms with E-state index in [1.54, 1.807) is 30.3 Å². The Labute approximate surface area is 122 Å². The van der Waals surface area contributed by atoms with Gasteiger partial charge in [-0.1, -0.05) is 53.5 Å². The average Bonchev–Trinajstić information content (AvgIpc) is 2.40. The largest absolute Gasteiger partial charge is 0.417 e. The molecule has 2 aromatic rings. The van der Waals surface area contributed by atoms with Crippen LogP contribution in [0.1, 0.15) is 21.5 Å². The van der Waals surface area contributed by atoms with Crippen LogP contribution in [0.15, 0.2) is 42.5 Å². The molecule has 20 heavy (non-hydrogen) atoms. The molecule has 0 N–H and O–H groups in total. The summed E-state index contributed by atoms with van der Waals surface area (Å²) in [4.78, 5) is 12.2. The van der Waals surface area contributed by atoms with Gasteiger partial charge < -0.3 is 0 Å². The Balaban J connectivity index is 2.51. The Morgan fingerprint density at radius 1 is 0.900 bits per heavy atom. The van der Waals surface area contributed by atoms with E-state index in [1.807, 2.05) is 0 Å². The fraction of sp³-hybridized carbons (Fsp3) is 0.0714. The Kier molecular flexibility index (Phi) is 4.06. The van der Waals surface area contributed by atoms with Crippen LogP contribution in [-0.4, -0.2) is 5.78 Å². The molecule has 0 aliphatic heterocycles. The minimum Gasteiger partial charge on any atom is -0.289 e. The third kappa shape index (κ3) is 2.81. The molecule has 1 nitrogen and oxygen atoms in total. The highest BCUT2D eigenvalue weighted by molar-refractivity contribution is 6.44. The third-order valence-corrected chi connectivity index (χ3v) is 3.55. The van der Waals surface area contributed by atoms with Crippen molar-refractivity contribution in [3.8, 4) is 0 Å². The van der Waals surface area contributed by atoms with Crippen molar-refractivity contribution in [1.29, 1.82) is 0 Å². The van der Waals surface area contributed by atoms with Crippen LogP contribution in [0.4, 0.5) is 13.2 Å². The minimum absolute atomic E-state index is 0.0594. The summed E-state index contributed by atoms with van der Waals surface area (Å²) in [7, 11) is 0. The lowest BCUT2D eigenvalue weighted by Crippen LogP contribution is -2.09. The first-order valence-electron chi connectivity index (χ1n) is 5.47. The molecule has 0 radical (unpaired) electrons. The highest BCUT2D eigenvalue weighted by Gasteiger charge is 2.35. The second kappa shape index (κ2) is 5.46. The fourth-order valence-corrected chi connectivity index (χ4v) is 2.21. The van der Waals surface area contributed by atoms with Crippen molar-refractivity contribution in [3.63, 3.8) is 0 Å². The van der Waals surface area contributed by atoms with Crippen LogP contribution in [0, 0.1) is 0 Å². The molecule has 0 unspecified atom stereocenters. The molecule has 2 aromatic carbocycles. The maximum atomic E-state index is 12.7. The van der Waals surface area contributed by atoms with Gasteiger partial charge in [-0.3, -0.25) is 4.79 Å². The zero-order valence-corrected chi connectivity index (χ0v) is 11.4. The van der Waals surface area contributed by atoms with E-state index in [-0.39, 0.29) is 5.56 Å². The Hall–Kier alpha value is -1.52. The van der Waals surface area contributed by atoms with Crippen molar-refractivity contribution in [2.24, 2.45) is 0 Å². The molecule has 0 spiro atoms. The molecule has 0 aliphatic carbocycles. The van der Waals surface area contributed by atoms with Gasteiger partial charge in [0.2, 0.25) is 0 Å². The molecular formula is C14H7Cl2F3O. The van der Waals surface area contributed by atoms with Gasteiger partial charge in [0.15, 0.2) is 5.78 Å². The number of halogens is 5. The zero-order valence-electron chi connectivity index (χ0n) is 9.84. The lowest BCUT2D eigenvalue weighted by atomic mass is 10.0. The topological polar surface area (TPSA) is 17.1 Å². The van der Waals surface area contributed by atoms with Gasteiger partial charge in [-0.15, -0.1) is 0 Å². The van der Waals surface area contributed by atoms with E-state index >= 15 is 0 Å². The predicted octanol–water partition coefficient (Wildman–Crippen LogP) is 5.24. The molecule has 0 saturated carbocycles. The van der Waals surface area contributed by atoms with Gasteiger partial charge in [0.05, 0.1) is 15.6 Å². The van der Waals surface area contributed by atoms with Crippen LogP contribution in [0.25, 0.3) is 0 Å². The lowest BCUT2D eigenvalue weighted by molar-refractivity contribution is -0.137. The Morgan fingerprint density at radius 2 is 1.50 bits per heavy atom. The molecule has 2 rings (SSSR count). The SMILES string of the molecule is O=C(c1ccccc1)c1ccc(C(F)(F)F)c(Cl)c1Cl. The molecule has 0 atom stereocenters. The van der Waals surface area contributed by atoms with Crippen LogP contribution < -0.4 is 0 Å². The lowest BCUT2D eigenvalue weighted by Gasteiger charge is -2.12. The number of hydrogen-bond donors (Lipinski definition) is 0. The summed E-state index contributed by atoms with van der Waals surface area (Å²) in [6.07, 6.45) is -4.62. The first-order valence-corrected chi connectivity index (χ1v) is 6.23. The predicted molar refractivity (Wildman–Crippen MR) is 71.3 cm³/mol. The molecule has 0 bridgehead atoms. The van der Waals surface area contributed by atoms with E-state index in [2.05, 4.69) is 0 Å². The van der Waals surface area contributed by atoms with Crippen molar-refractivity contribution >= 4 is 29.0 Å². The van der Waals surface area contributed by atoms with Crippen molar-refractivity contribution in [3.05, 3.63) is 69.2 Å². The molecule has 0 fully saturated rings. The normalized spacial score (nSPS) is 11.4. The maximum Gasteiger partial charge on any atom is 0.417 e. The summed E-state index contributed by atoms with van der Waals surface area (Å²) < 4.78 is 38.0. The number of ketones is 1. The van der Waals surface area contributed by atoms with E-state index in [0.717, 1.165) is 12.1 Å². The summed E-state index contributed by atoms with van der Waals surface area (Å²) in [5.41, 5.74) is -0.796. The summed E-state index contributed by atoms with van der Waals surface area (Å²) in [5.74, 6) is -0.480. The number of benzene rings is 2. The van der Waals surface area contributed by atoms with Crippen LogP contribution in [0.2, 0.25) is 10.0 Å². The Morgan fingerprint density at radius 3 is 2.05 bits per heavy atom. The van der Waals surface area contributed by atoms with Crippen LogP contribution in [0.5, 0.6) is 0 Å². The van der Waals surface area contributed by atoms with E-state index in [1.165, 1.54) is 0 Å². The maximum absolute atomic E-state index is 12.7. The van der Waals surface area contributed by atoms with Crippen molar-refractivity contribution < 1.29 is 18.0 Å². The third-order valence-electron chi connectivity index (χ3n) is 2.67. The van der Waals surface area contributed by atoms with Gasteiger partial charge in [-0.25, -0.2) is 0 Å². The highest BCUT2D eigenvalue weighted by atomic mass is 35.5. The Bertz CT molecular complexity index is 651. The zero-order chi connectivity index (χ0) is 14.9. The van der Waals surface area contributed by atoms with E-state index in [0.29, 0.717) is 5.56 Å². The highest BCUT2D eigenvalue weighted by Crippen LogP contribution is 2.39. The van der Waals surface area contributed by atoms with Gasteiger partial charge >= 0.3 is 6.18 Å². The molecule has 6 heteroatoms. The van der Waals surface area contributed by atoms with Crippen molar-refractivity contribution in [1.82, 2.24) is 0 Å². The monoisotopic (exact) mass is 318 g/mol. The quantitative estimate of drug-likeness (QED) is 0.692. The van der Waals surface area contributed by atoms with Crippen LogP contribution >= 0.6 is 23.2 Å². The van der Waals surface area contributed by atoms with Gasteiger partial charge in [-0.2, -0.15) is 13.2 Å². The molecule has 0 aliphatic rings. The van der Waals surface area contributed by atoms with Crippen LogP contribution in [0.3, 0.4) is 0 Å². The molecule has 0 saturated heterocycles. The first kappa shape index (κ1) is 14.9. The first-order chi connectivity index (χ1) is 9.32. The summed E-state index contributed by atoms with van der Waals surface area (Å²) in [6, 6.07) is 9.89. The standard InChI is InChI=1S/C14H7Cl2F3O/c15-11-9(13(20)8-4-2-1-3-5-8)6-7-10(12(11)16)14(17,18)19/h1-7H. The number of rotatable bonds is 2. The number of alkyl halides is 3. The van der Waals surface area contributed by atoms with Crippen molar-refractivity contribution in [2.45, 2.75) is 6.18 Å². The average molecular weight is 319 g/mol.